The highest BCUT2D eigenvalue weighted by Crippen LogP contribution is 2.29. The SMILES string of the molecule is Cc1cccc(C)c1-c1nc(CC(=O)O)cs1. The largest absolute Gasteiger partial charge is 0.481 e. The summed E-state index contributed by atoms with van der Waals surface area (Å²) in [5, 5.41) is 11.4. The molecule has 2 rings (SSSR count). The molecule has 17 heavy (non-hydrogen) atoms. The lowest BCUT2D eigenvalue weighted by Gasteiger charge is -2.05. The third-order valence-electron chi connectivity index (χ3n) is 2.58. The van der Waals surface area contributed by atoms with E-state index in [1.54, 1.807) is 0 Å². The van der Waals surface area contributed by atoms with Gasteiger partial charge in [0.2, 0.25) is 0 Å². The molecular formula is C13H13NO2S. The molecule has 0 fully saturated rings. The third-order valence-corrected chi connectivity index (χ3v) is 3.49. The summed E-state index contributed by atoms with van der Waals surface area (Å²) in [5.74, 6) is -0.844. The maximum atomic E-state index is 10.6. The van der Waals surface area contributed by atoms with Crippen molar-refractivity contribution in [2.75, 3.05) is 0 Å². The first kappa shape index (κ1) is 11.8. The van der Waals surface area contributed by atoms with Crippen LogP contribution in [0.25, 0.3) is 10.6 Å². The monoisotopic (exact) mass is 247 g/mol. The van der Waals surface area contributed by atoms with E-state index in [4.69, 9.17) is 5.11 Å². The molecule has 4 heteroatoms. The Morgan fingerprint density at radius 2 is 2.00 bits per heavy atom. The highest BCUT2D eigenvalue weighted by atomic mass is 32.1. The molecule has 0 saturated heterocycles. The van der Waals surface area contributed by atoms with Crippen molar-refractivity contribution in [1.29, 1.82) is 0 Å². The zero-order valence-corrected chi connectivity index (χ0v) is 10.5. The summed E-state index contributed by atoms with van der Waals surface area (Å²) in [6.45, 7) is 4.08. The van der Waals surface area contributed by atoms with E-state index in [0.29, 0.717) is 5.69 Å². The van der Waals surface area contributed by atoms with Gasteiger partial charge in [0.25, 0.3) is 0 Å². The Kier molecular flexibility index (Phi) is 3.24. The van der Waals surface area contributed by atoms with Gasteiger partial charge in [0.1, 0.15) is 5.01 Å². The number of nitrogens with zero attached hydrogens (tertiary/aromatic N) is 1. The Morgan fingerprint density at radius 3 is 2.59 bits per heavy atom. The first-order chi connectivity index (χ1) is 8.08. The number of aliphatic carboxylic acids is 1. The van der Waals surface area contributed by atoms with E-state index in [-0.39, 0.29) is 6.42 Å². The maximum Gasteiger partial charge on any atom is 0.309 e. The summed E-state index contributed by atoms with van der Waals surface area (Å²) in [7, 11) is 0. The van der Waals surface area contributed by atoms with Crippen LogP contribution in [0.5, 0.6) is 0 Å². The minimum absolute atomic E-state index is 0.0125. The lowest BCUT2D eigenvalue weighted by atomic mass is 10.0. The van der Waals surface area contributed by atoms with Gasteiger partial charge in [0, 0.05) is 10.9 Å². The molecule has 1 aromatic carbocycles. The number of hydrogen-bond donors (Lipinski definition) is 1. The molecule has 0 atom stereocenters. The number of carbonyl (C=O) groups is 1. The predicted octanol–water partition coefficient (Wildman–Crippen LogP) is 3.05. The molecule has 0 saturated carbocycles. The van der Waals surface area contributed by atoms with E-state index < -0.39 is 5.97 Å². The Labute approximate surface area is 104 Å². The highest BCUT2D eigenvalue weighted by Gasteiger charge is 2.11. The Morgan fingerprint density at radius 1 is 1.35 bits per heavy atom. The molecule has 1 aromatic heterocycles. The minimum Gasteiger partial charge on any atom is -0.481 e. The fourth-order valence-electron chi connectivity index (χ4n) is 1.81. The van der Waals surface area contributed by atoms with E-state index >= 15 is 0 Å². The number of thiazole rings is 1. The summed E-state index contributed by atoms with van der Waals surface area (Å²) in [6.07, 6.45) is -0.0125. The van der Waals surface area contributed by atoms with E-state index in [0.717, 1.165) is 10.6 Å². The number of rotatable bonds is 3. The number of carboxylic acids is 1. The van der Waals surface area contributed by atoms with Gasteiger partial charge in [-0.3, -0.25) is 4.79 Å². The first-order valence-corrected chi connectivity index (χ1v) is 6.18. The third kappa shape index (κ3) is 2.53. The van der Waals surface area contributed by atoms with Gasteiger partial charge < -0.3 is 5.11 Å². The van der Waals surface area contributed by atoms with Gasteiger partial charge in [0.05, 0.1) is 12.1 Å². The Balaban J connectivity index is 2.40. The number of benzene rings is 1. The quantitative estimate of drug-likeness (QED) is 0.906. The van der Waals surface area contributed by atoms with Gasteiger partial charge in [-0.1, -0.05) is 18.2 Å². The normalized spacial score (nSPS) is 10.5. The summed E-state index contributed by atoms with van der Waals surface area (Å²) in [4.78, 5) is 15.0. The second-order valence-corrected chi connectivity index (χ2v) is 4.84. The molecule has 88 valence electrons. The average Bonchev–Trinajstić information content (AvgIpc) is 2.65. The van der Waals surface area contributed by atoms with Crippen molar-refractivity contribution in [3.05, 3.63) is 40.4 Å². The molecule has 0 radical (unpaired) electrons. The molecule has 1 N–H and O–H groups in total. The lowest BCUT2D eigenvalue weighted by molar-refractivity contribution is -0.136. The smallest absolute Gasteiger partial charge is 0.309 e. The topological polar surface area (TPSA) is 50.2 Å². The number of carboxylic acid groups (broad SMARTS) is 1. The molecule has 1 heterocycles. The van der Waals surface area contributed by atoms with E-state index in [2.05, 4.69) is 4.98 Å². The molecule has 0 aliphatic heterocycles. The van der Waals surface area contributed by atoms with Crippen molar-refractivity contribution in [2.45, 2.75) is 20.3 Å². The summed E-state index contributed by atoms with van der Waals surface area (Å²) >= 11 is 1.50. The summed E-state index contributed by atoms with van der Waals surface area (Å²) in [5.41, 5.74) is 4.08. The molecule has 0 unspecified atom stereocenters. The van der Waals surface area contributed by atoms with Crippen molar-refractivity contribution in [1.82, 2.24) is 4.98 Å². The molecule has 0 aliphatic rings. The van der Waals surface area contributed by atoms with E-state index in [1.165, 1.54) is 22.5 Å². The van der Waals surface area contributed by atoms with Crippen LogP contribution in [0.4, 0.5) is 0 Å². The van der Waals surface area contributed by atoms with Gasteiger partial charge in [-0.05, 0) is 25.0 Å². The molecular weight excluding hydrogens is 234 g/mol. The van der Waals surface area contributed by atoms with Gasteiger partial charge in [0.15, 0.2) is 0 Å². The van der Waals surface area contributed by atoms with Crippen LogP contribution in [-0.2, 0) is 11.2 Å². The zero-order chi connectivity index (χ0) is 12.4. The Bertz CT molecular complexity index is 540. The van der Waals surface area contributed by atoms with Crippen molar-refractivity contribution in [3.8, 4) is 10.6 Å². The fraction of sp³-hybridized carbons (Fsp3) is 0.231. The van der Waals surface area contributed by atoms with Crippen LogP contribution < -0.4 is 0 Å². The fourth-order valence-corrected chi connectivity index (χ4v) is 2.80. The minimum atomic E-state index is -0.844. The summed E-state index contributed by atoms with van der Waals surface area (Å²) < 4.78 is 0. The van der Waals surface area contributed by atoms with Crippen LogP contribution in [-0.4, -0.2) is 16.1 Å². The molecule has 3 nitrogen and oxygen atoms in total. The number of hydrogen-bond acceptors (Lipinski definition) is 3. The average molecular weight is 247 g/mol. The molecule has 0 spiro atoms. The van der Waals surface area contributed by atoms with Crippen LogP contribution in [0.1, 0.15) is 16.8 Å². The number of aromatic nitrogens is 1. The van der Waals surface area contributed by atoms with Crippen LogP contribution in [0.3, 0.4) is 0 Å². The molecule has 2 aromatic rings. The van der Waals surface area contributed by atoms with Crippen LogP contribution >= 0.6 is 11.3 Å². The van der Waals surface area contributed by atoms with Crippen LogP contribution in [0, 0.1) is 13.8 Å². The lowest BCUT2D eigenvalue weighted by Crippen LogP contribution is -2.00. The first-order valence-electron chi connectivity index (χ1n) is 5.30. The second-order valence-electron chi connectivity index (χ2n) is 3.98. The van der Waals surface area contributed by atoms with Crippen molar-refractivity contribution >= 4 is 17.3 Å². The van der Waals surface area contributed by atoms with Crippen molar-refractivity contribution < 1.29 is 9.90 Å². The molecule has 0 aliphatic carbocycles. The highest BCUT2D eigenvalue weighted by molar-refractivity contribution is 7.13. The van der Waals surface area contributed by atoms with Crippen LogP contribution in [0.2, 0.25) is 0 Å². The van der Waals surface area contributed by atoms with Gasteiger partial charge >= 0.3 is 5.97 Å². The zero-order valence-electron chi connectivity index (χ0n) is 9.73. The second kappa shape index (κ2) is 4.67. The number of aryl methyl sites for hydroxylation is 2. The van der Waals surface area contributed by atoms with Crippen molar-refractivity contribution in [2.24, 2.45) is 0 Å². The van der Waals surface area contributed by atoms with Gasteiger partial charge in [-0.25, -0.2) is 4.98 Å². The van der Waals surface area contributed by atoms with E-state index in [1.807, 2.05) is 37.4 Å². The standard InChI is InChI=1S/C13H13NO2S/c1-8-4-3-5-9(2)12(8)13-14-10(7-17-13)6-11(15)16/h3-5,7H,6H2,1-2H3,(H,15,16). The summed E-state index contributed by atoms with van der Waals surface area (Å²) in [6, 6.07) is 6.10. The van der Waals surface area contributed by atoms with Gasteiger partial charge in [-0.15, -0.1) is 11.3 Å². The molecule has 0 bridgehead atoms. The maximum absolute atomic E-state index is 10.6. The van der Waals surface area contributed by atoms with Gasteiger partial charge in [-0.2, -0.15) is 0 Å². The van der Waals surface area contributed by atoms with Crippen LogP contribution in [0.15, 0.2) is 23.6 Å². The van der Waals surface area contributed by atoms with E-state index in [9.17, 15) is 4.79 Å². The Hall–Kier alpha value is -1.68. The molecule has 0 amide bonds. The van der Waals surface area contributed by atoms with Crippen molar-refractivity contribution in [3.63, 3.8) is 0 Å². The predicted molar refractivity (Wildman–Crippen MR) is 68.4 cm³/mol.